The summed E-state index contributed by atoms with van der Waals surface area (Å²) in [5.74, 6) is 1.58. The number of hydrogen-bond acceptors (Lipinski definition) is 6. The molecular formula is C17H25NO5. The molecule has 0 saturated carbocycles. The molecule has 0 amide bonds. The predicted octanol–water partition coefficient (Wildman–Crippen LogP) is 1.40. The van der Waals surface area contributed by atoms with E-state index >= 15 is 0 Å². The molecule has 1 aromatic carbocycles. The summed E-state index contributed by atoms with van der Waals surface area (Å²) in [6, 6.07) is 5.93. The first-order valence-corrected chi connectivity index (χ1v) is 8.15. The fourth-order valence-electron chi connectivity index (χ4n) is 2.94. The van der Waals surface area contributed by atoms with Gasteiger partial charge in [0.25, 0.3) is 0 Å². The number of nitrogens with zero attached hydrogens (tertiary/aromatic N) is 1. The molecule has 1 saturated heterocycles. The van der Waals surface area contributed by atoms with Crippen molar-refractivity contribution in [2.24, 2.45) is 0 Å². The van der Waals surface area contributed by atoms with Crippen LogP contribution in [0.1, 0.15) is 18.4 Å². The molecule has 23 heavy (non-hydrogen) atoms. The fourth-order valence-corrected chi connectivity index (χ4v) is 2.94. The third kappa shape index (κ3) is 4.81. The summed E-state index contributed by atoms with van der Waals surface area (Å²) in [4.78, 5) is 2.07. The number of aliphatic hydroxyl groups is 1. The van der Waals surface area contributed by atoms with Gasteiger partial charge in [-0.25, -0.2) is 0 Å². The van der Waals surface area contributed by atoms with Gasteiger partial charge < -0.3 is 24.1 Å². The molecule has 6 heteroatoms. The average Bonchev–Trinajstić information content (AvgIpc) is 3.17. The van der Waals surface area contributed by atoms with Gasteiger partial charge in [-0.15, -0.1) is 0 Å². The van der Waals surface area contributed by atoms with Crippen LogP contribution in [0, 0.1) is 0 Å². The lowest BCUT2D eigenvalue weighted by molar-refractivity contribution is -0.0238. The van der Waals surface area contributed by atoms with Crippen molar-refractivity contribution < 1.29 is 24.1 Å². The molecule has 2 atom stereocenters. The number of rotatable bonds is 8. The van der Waals surface area contributed by atoms with Gasteiger partial charge in [-0.2, -0.15) is 0 Å². The zero-order valence-corrected chi connectivity index (χ0v) is 13.6. The van der Waals surface area contributed by atoms with E-state index in [4.69, 9.17) is 18.9 Å². The Bertz CT molecular complexity index is 504. The summed E-state index contributed by atoms with van der Waals surface area (Å²) in [6.45, 7) is 3.32. The molecule has 0 aromatic heterocycles. The van der Waals surface area contributed by atoms with Gasteiger partial charge in [0.2, 0.25) is 6.79 Å². The first-order valence-electron chi connectivity index (χ1n) is 8.15. The Balaban J connectivity index is 1.37. The van der Waals surface area contributed by atoms with Gasteiger partial charge in [-0.1, -0.05) is 6.07 Å². The molecule has 128 valence electrons. The van der Waals surface area contributed by atoms with Crippen molar-refractivity contribution >= 4 is 0 Å². The Kier molecular flexibility index (Phi) is 5.72. The molecule has 2 aliphatic rings. The summed E-state index contributed by atoms with van der Waals surface area (Å²) < 4.78 is 21.7. The van der Waals surface area contributed by atoms with Crippen LogP contribution in [0.4, 0.5) is 0 Å². The second kappa shape index (κ2) is 7.97. The van der Waals surface area contributed by atoms with Gasteiger partial charge in [0.1, 0.15) is 0 Å². The molecule has 0 bridgehead atoms. The first kappa shape index (κ1) is 16.5. The molecular weight excluding hydrogens is 298 g/mol. The molecule has 2 aliphatic heterocycles. The topological polar surface area (TPSA) is 60.4 Å². The quantitative estimate of drug-likeness (QED) is 0.780. The maximum Gasteiger partial charge on any atom is 0.231 e. The van der Waals surface area contributed by atoms with Crippen molar-refractivity contribution in [3.8, 4) is 11.5 Å². The van der Waals surface area contributed by atoms with Gasteiger partial charge in [-0.3, -0.25) is 4.90 Å². The van der Waals surface area contributed by atoms with Crippen molar-refractivity contribution in [3.63, 3.8) is 0 Å². The average molecular weight is 323 g/mol. The summed E-state index contributed by atoms with van der Waals surface area (Å²) in [5, 5.41) is 10.1. The Morgan fingerprint density at radius 1 is 1.35 bits per heavy atom. The highest BCUT2D eigenvalue weighted by atomic mass is 16.7. The lowest BCUT2D eigenvalue weighted by Gasteiger charge is -2.21. The lowest BCUT2D eigenvalue weighted by atomic mass is 10.2. The Morgan fingerprint density at radius 2 is 2.22 bits per heavy atom. The molecule has 3 rings (SSSR count). The van der Waals surface area contributed by atoms with E-state index in [9.17, 15) is 5.11 Å². The van der Waals surface area contributed by atoms with Crippen molar-refractivity contribution in [1.29, 1.82) is 0 Å². The Morgan fingerprint density at radius 3 is 3.04 bits per heavy atom. The minimum absolute atomic E-state index is 0.202. The molecule has 2 heterocycles. The molecule has 0 radical (unpaired) electrons. The molecule has 6 nitrogen and oxygen atoms in total. The third-order valence-electron chi connectivity index (χ3n) is 4.05. The van der Waals surface area contributed by atoms with Crippen LogP contribution < -0.4 is 9.47 Å². The van der Waals surface area contributed by atoms with Gasteiger partial charge in [-0.05, 0) is 37.6 Å². The molecule has 0 spiro atoms. The van der Waals surface area contributed by atoms with Crippen LogP contribution in [0.5, 0.6) is 11.5 Å². The monoisotopic (exact) mass is 323 g/mol. The summed E-state index contributed by atoms with van der Waals surface area (Å²) in [5.41, 5.74) is 1.13. The highest BCUT2D eigenvalue weighted by Gasteiger charge is 2.17. The van der Waals surface area contributed by atoms with Crippen LogP contribution in [0.25, 0.3) is 0 Å². The summed E-state index contributed by atoms with van der Waals surface area (Å²) in [6.07, 6.45) is 1.86. The largest absolute Gasteiger partial charge is 0.454 e. The van der Waals surface area contributed by atoms with Crippen molar-refractivity contribution in [3.05, 3.63) is 23.8 Å². The molecule has 0 unspecified atom stereocenters. The number of fused-ring (bicyclic) bond motifs is 1. The van der Waals surface area contributed by atoms with Crippen LogP contribution in [0.15, 0.2) is 18.2 Å². The normalized spacial score (nSPS) is 21.1. The second-order valence-corrected chi connectivity index (χ2v) is 6.21. The van der Waals surface area contributed by atoms with E-state index < -0.39 is 6.10 Å². The van der Waals surface area contributed by atoms with Gasteiger partial charge in [0.05, 0.1) is 25.4 Å². The molecule has 1 fully saturated rings. The van der Waals surface area contributed by atoms with Crippen LogP contribution in [-0.2, 0) is 16.0 Å². The Labute approximate surface area is 136 Å². The van der Waals surface area contributed by atoms with Gasteiger partial charge in [0.15, 0.2) is 11.5 Å². The number of hydrogen-bond donors (Lipinski definition) is 1. The summed E-state index contributed by atoms with van der Waals surface area (Å²) >= 11 is 0. The van der Waals surface area contributed by atoms with Gasteiger partial charge >= 0.3 is 0 Å². The Hall–Kier alpha value is -1.34. The zero-order chi connectivity index (χ0) is 16.1. The highest BCUT2D eigenvalue weighted by Crippen LogP contribution is 2.32. The number of benzene rings is 1. The van der Waals surface area contributed by atoms with Crippen molar-refractivity contribution in [2.45, 2.75) is 31.6 Å². The van der Waals surface area contributed by atoms with Crippen LogP contribution in [0.2, 0.25) is 0 Å². The number of ether oxygens (including phenoxy) is 4. The second-order valence-electron chi connectivity index (χ2n) is 6.21. The maximum absolute atomic E-state index is 10.1. The lowest BCUT2D eigenvalue weighted by Crippen LogP contribution is -2.32. The van der Waals surface area contributed by atoms with E-state index in [2.05, 4.69) is 4.90 Å². The van der Waals surface area contributed by atoms with Crippen LogP contribution >= 0.6 is 0 Å². The van der Waals surface area contributed by atoms with E-state index in [1.807, 2.05) is 25.2 Å². The third-order valence-corrected chi connectivity index (χ3v) is 4.05. The highest BCUT2D eigenvalue weighted by molar-refractivity contribution is 5.44. The fraction of sp³-hybridized carbons (Fsp3) is 0.647. The van der Waals surface area contributed by atoms with E-state index in [0.717, 1.165) is 43.1 Å². The zero-order valence-electron chi connectivity index (χ0n) is 13.6. The molecule has 1 aromatic rings. The smallest absolute Gasteiger partial charge is 0.231 e. The minimum Gasteiger partial charge on any atom is -0.454 e. The van der Waals surface area contributed by atoms with Gasteiger partial charge in [0, 0.05) is 19.7 Å². The molecule has 0 aliphatic carbocycles. The summed E-state index contributed by atoms with van der Waals surface area (Å²) in [7, 11) is 1.98. The van der Waals surface area contributed by atoms with E-state index in [-0.39, 0.29) is 12.9 Å². The van der Waals surface area contributed by atoms with Crippen LogP contribution in [-0.4, -0.2) is 62.4 Å². The minimum atomic E-state index is -0.504. The van der Waals surface area contributed by atoms with E-state index in [1.54, 1.807) is 0 Å². The number of likely N-dealkylation sites (N-methyl/N-ethyl adjacent to an activating group) is 1. The first-order chi connectivity index (χ1) is 11.2. The van der Waals surface area contributed by atoms with E-state index in [0.29, 0.717) is 19.8 Å². The standard InChI is InChI=1S/C17H25NO5/c1-18(8-13-4-5-16-17(7-13)23-12-22-16)9-14(19)10-20-11-15-3-2-6-21-15/h4-5,7,14-15,19H,2-3,6,8-12H2,1H3/t14-,15+/m1/s1. The van der Waals surface area contributed by atoms with E-state index in [1.165, 1.54) is 0 Å². The number of aliphatic hydroxyl groups excluding tert-OH is 1. The van der Waals surface area contributed by atoms with Crippen molar-refractivity contribution in [1.82, 2.24) is 4.90 Å². The maximum atomic E-state index is 10.1. The van der Waals surface area contributed by atoms with Crippen molar-refractivity contribution in [2.75, 3.05) is 40.2 Å². The van der Waals surface area contributed by atoms with Crippen LogP contribution in [0.3, 0.4) is 0 Å². The SMILES string of the molecule is CN(Cc1ccc2c(c1)OCO2)C[C@@H](O)COC[C@@H]1CCCO1. The molecule has 1 N–H and O–H groups in total. The predicted molar refractivity (Wildman–Crippen MR) is 84.7 cm³/mol.